The van der Waals surface area contributed by atoms with Crippen molar-refractivity contribution in [1.82, 2.24) is 5.32 Å². The van der Waals surface area contributed by atoms with Crippen LogP contribution in [0.4, 0.5) is 5.69 Å². The molecule has 1 aromatic carbocycles. The molecule has 0 spiro atoms. The maximum Gasteiger partial charge on any atom is 0.0587 e. The van der Waals surface area contributed by atoms with Gasteiger partial charge in [0.05, 0.1) is 6.61 Å². The van der Waals surface area contributed by atoms with E-state index >= 15 is 0 Å². The molecule has 0 aliphatic heterocycles. The summed E-state index contributed by atoms with van der Waals surface area (Å²) >= 11 is 7.95. The fourth-order valence-electron chi connectivity index (χ4n) is 1.81. The van der Waals surface area contributed by atoms with Gasteiger partial charge in [0.15, 0.2) is 0 Å². The molecular weight excluding hydrogens is 280 g/mol. The highest BCUT2D eigenvalue weighted by Gasteiger charge is 2.07. The first-order chi connectivity index (χ1) is 9.19. The predicted molar refractivity (Wildman–Crippen MR) is 86.7 cm³/mol. The van der Waals surface area contributed by atoms with E-state index in [1.54, 1.807) is 7.11 Å². The number of thioether (sulfide) groups is 1. The van der Waals surface area contributed by atoms with Crippen LogP contribution in [-0.2, 0) is 11.3 Å². The number of ether oxygens (including phenoxy) is 1. The smallest absolute Gasteiger partial charge is 0.0587 e. The molecule has 0 fully saturated rings. The summed E-state index contributed by atoms with van der Waals surface area (Å²) in [6.45, 7) is 3.41. The number of rotatable bonds is 9. The van der Waals surface area contributed by atoms with Crippen LogP contribution in [0.5, 0.6) is 0 Å². The minimum Gasteiger partial charge on any atom is -0.383 e. The van der Waals surface area contributed by atoms with Crippen molar-refractivity contribution in [3.8, 4) is 0 Å². The van der Waals surface area contributed by atoms with E-state index in [0.717, 1.165) is 37.0 Å². The summed E-state index contributed by atoms with van der Waals surface area (Å²) in [6, 6.07) is 6.08. The maximum atomic E-state index is 6.09. The van der Waals surface area contributed by atoms with Gasteiger partial charge in [0.1, 0.15) is 0 Å². The van der Waals surface area contributed by atoms with Gasteiger partial charge in [-0.15, -0.1) is 0 Å². The van der Waals surface area contributed by atoms with Crippen molar-refractivity contribution in [1.29, 1.82) is 0 Å². The highest BCUT2D eigenvalue weighted by Crippen LogP contribution is 2.23. The molecule has 0 amide bonds. The average molecular weight is 303 g/mol. The van der Waals surface area contributed by atoms with Crippen LogP contribution in [0.1, 0.15) is 5.56 Å². The summed E-state index contributed by atoms with van der Waals surface area (Å²) in [7, 11) is 3.83. The van der Waals surface area contributed by atoms with Crippen LogP contribution in [-0.4, -0.2) is 45.9 Å². The topological polar surface area (TPSA) is 24.5 Å². The van der Waals surface area contributed by atoms with Gasteiger partial charge in [-0.3, -0.25) is 0 Å². The normalized spacial score (nSPS) is 10.7. The third kappa shape index (κ3) is 6.04. The Morgan fingerprint density at radius 1 is 1.42 bits per heavy atom. The van der Waals surface area contributed by atoms with Crippen molar-refractivity contribution in [2.75, 3.05) is 50.8 Å². The summed E-state index contributed by atoms with van der Waals surface area (Å²) in [5.74, 6) is 1.12. The lowest BCUT2D eigenvalue weighted by atomic mass is 10.1. The molecule has 0 aliphatic carbocycles. The molecule has 0 aliphatic rings. The molecule has 0 unspecified atom stereocenters. The van der Waals surface area contributed by atoms with Gasteiger partial charge < -0.3 is 15.0 Å². The molecule has 0 saturated heterocycles. The monoisotopic (exact) mass is 302 g/mol. The summed E-state index contributed by atoms with van der Waals surface area (Å²) in [6.07, 6.45) is 2.13. The molecule has 5 heteroatoms. The first kappa shape index (κ1) is 16.6. The highest BCUT2D eigenvalue weighted by molar-refractivity contribution is 7.98. The maximum absolute atomic E-state index is 6.09. The summed E-state index contributed by atoms with van der Waals surface area (Å²) in [5.41, 5.74) is 2.47. The van der Waals surface area contributed by atoms with Crippen LogP contribution in [0.3, 0.4) is 0 Å². The second kappa shape index (κ2) is 9.48. The van der Waals surface area contributed by atoms with Crippen molar-refractivity contribution in [3.63, 3.8) is 0 Å². The Labute approximate surface area is 125 Å². The van der Waals surface area contributed by atoms with Crippen molar-refractivity contribution in [2.24, 2.45) is 0 Å². The lowest BCUT2D eigenvalue weighted by Gasteiger charge is -2.22. The standard InChI is InChI=1S/C14H23ClN2OS/c1-17(7-9-19-3)14-5-4-13(15)10-12(14)11-16-6-8-18-2/h4-5,10,16H,6-9,11H2,1-3H3. The van der Waals surface area contributed by atoms with E-state index in [9.17, 15) is 0 Å². The SMILES string of the molecule is COCCNCc1cc(Cl)ccc1N(C)CCSC. The average Bonchev–Trinajstić information content (AvgIpc) is 2.41. The fraction of sp³-hybridized carbons (Fsp3) is 0.571. The number of halogens is 1. The van der Waals surface area contributed by atoms with E-state index in [2.05, 4.69) is 29.6 Å². The van der Waals surface area contributed by atoms with Gasteiger partial charge in [-0.1, -0.05) is 11.6 Å². The number of hydrogen-bond acceptors (Lipinski definition) is 4. The first-order valence-corrected chi connectivity index (χ1v) is 8.14. The Kier molecular flexibility index (Phi) is 8.30. The van der Waals surface area contributed by atoms with Gasteiger partial charge in [0.25, 0.3) is 0 Å². The Hall–Kier alpha value is -0.420. The molecule has 0 radical (unpaired) electrons. The van der Waals surface area contributed by atoms with Gasteiger partial charge in [0.2, 0.25) is 0 Å². The second-order valence-electron chi connectivity index (χ2n) is 4.36. The van der Waals surface area contributed by atoms with Crippen molar-refractivity contribution in [2.45, 2.75) is 6.54 Å². The highest BCUT2D eigenvalue weighted by atomic mass is 35.5. The van der Waals surface area contributed by atoms with Crippen LogP contribution in [0, 0.1) is 0 Å². The van der Waals surface area contributed by atoms with Crippen LogP contribution in [0.25, 0.3) is 0 Å². The van der Waals surface area contributed by atoms with Gasteiger partial charge in [-0.05, 0) is 30.0 Å². The Morgan fingerprint density at radius 3 is 2.89 bits per heavy atom. The van der Waals surface area contributed by atoms with Crippen molar-refractivity contribution in [3.05, 3.63) is 28.8 Å². The van der Waals surface area contributed by atoms with Crippen LogP contribution in [0.15, 0.2) is 18.2 Å². The number of anilines is 1. The predicted octanol–water partition coefficient (Wildman–Crippen LogP) is 2.88. The summed E-state index contributed by atoms with van der Waals surface area (Å²) < 4.78 is 5.03. The molecule has 0 bridgehead atoms. The summed E-state index contributed by atoms with van der Waals surface area (Å²) in [5, 5.41) is 4.15. The fourth-order valence-corrected chi connectivity index (χ4v) is 2.47. The molecule has 0 saturated carbocycles. The minimum atomic E-state index is 0.720. The number of benzene rings is 1. The third-order valence-electron chi connectivity index (χ3n) is 2.88. The van der Waals surface area contributed by atoms with E-state index in [0.29, 0.717) is 0 Å². The van der Waals surface area contributed by atoms with Crippen LogP contribution in [0.2, 0.25) is 5.02 Å². The third-order valence-corrected chi connectivity index (χ3v) is 3.71. The van der Waals surface area contributed by atoms with Crippen molar-refractivity contribution < 1.29 is 4.74 Å². The van der Waals surface area contributed by atoms with E-state index in [4.69, 9.17) is 16.3 Å². The van der Waals surface area contributed by atoms with Crippen molar-refractivity contribution >= 4 is 29.1 Å². The zero-order chi connectivity index (χ0) is 14.1. The molecular formula is C14H23ClN2OS. The Morgan fingerprint density at radius 2 is 2.21 bits per heavy atom. The second-order valence-corrected chi connectivity index (χ2v) is 5.78. The molecule has 1 N–H and O–H groups in total. The largest absolute Gasteiger partial charge is 0.383 e. The molecule has 0 atom stereocenters. The van der Waals surface area contributed by atoms with Crippen LogP contribution >= 0.6 is 23.4 Å². The lowest BCUT2D eigenvalue weighted by Crippen LogP contribution is -2.24. The number of nitrogens with zero attached hydrogens (tertiary/aromatic N) is 1. The lowest BCUT2D eigenvalue weighted by molar-refractivity contribution is 0.199. The Bertz CT molecular complexity index is 376. The molecule has 0 aromatic heterocycles. The van der Waals surface area contributed by atoms with E-state index in [-0.39, 0.29) is 0 Å². The number of hydrogen-bond donors (Lipinski definition) is 1. The van der Waals surface area contributed by atoms with Gasteiger partial charge in [-0.25, -0.2) is 0 Å². The van der Waals surface area contributed by atoms with Gasteiger partial charge >= 0.3 is 0 Å². The quantitative estimate of drug-likeness (QED) is 0.709. The molecule has 19 heavy (non-hydrogen) atoms. The molecule has 108 valence electrons. The van der Waals surface area contributed by atoms with E-state index in [1.807, 2.05) is 23.9 Å². The summed E-state index contributed by atoms with van der Waals surface area (Å²) in [4.78, 5) is 2.28. The molecule has 0 heterocycles. The zero-order valence-electron chi connectivity index (χ0n) is 11.9. The van der Waals surface area contributed by atoms with E-state index < -0.39 is 0 Å². The van der Waals surface area contributed by atoms with Gasteiger partial charge in [-0.2, -0.15) is 11.8 Å². The minimum absolute atomic E-state index is 0.720. The first-order valence-electron chi connectivity index (χ1n) is 6.37. The van der Waals surface area contributed by atoms with Gasteiger partial charge in [0, 0.05) is 50.3 Å². The zero-order valence-corrected chi connectivity index (χ0v) is 13.5. The van der Waals surface area contributed by atoms with Crippen LogP contribution < -0.4 is 10.2 Å². The number of nitrogens with one attached hydrogen (secondary N) is 1. The molecule has 1 rings (SSSR count). The Balaban J connectivity index is 2.67. The molecule has 1 aromatic rings. The number of methoxy groups -OCH3 is 1. The van der Waals surface area contributed by atoms with E-state index in [1.165, 1.54) is 11.3 Å². The molecule has 3 nitrogen and oxygen atoms in total.